The Balaban J connectivity index is 2.19. The van der Waals surface area contributed by atoms with Crippen LogP contribution in [-0.2, 0) is 4.79 Å². The molecule has 0 fully saturated rings. The van der Waals surface area contributed by atoms with Gasteiger partial charge < -0.3 is 15.2 Å². The molecule has 0 saturated carbocycles. The molecule has 0 aliphatic rings. The number of carbonyl (C=O) groups excluding carboxylic acids is 1. The van der Waals surface area contributed by atoms with E-state index < -0.39 is 5.91 Å². The van der Waals surface area contributed by atoms with E-state index >= 15 is 0 Å². The summed E-state index contributed by atoms with van der Waals surface area (Å²) in [5, 5.41) is 0.629. The number of aliphatic imine (C=N–C) groups is 1. The number of halogens is 1. The van der Waals surface area contributed by atoms with Crippen LogP contribution in [0.2, 0.25) is 5.02 Å². The second-order valence-corrected chi connectivity index (χ2v) is 5.07. The summed E-state index contributed by atoms with van der Waals surface area (Å²) in [6.45, 7) is 2.14. The fourth-order valence-corrected chi connectivity index (χ4v) is 2.03. The van der Waals surface area contributed by atoms with E-state index in [0.29, 0.717) is 23.1 Å². The second kappa shape index (κ2) is 8.19. The Morgan fingerprint density at radius 1 is 1.22 bits per heavy atom. The van der Waals surface area contributed by atoms with E-state index in [4.69, 9.17) is 26.8 Å². The Labute approximate surface area is 139 Å². The molecule has 2 aromatic rings. The molecule has 6 heteroatoms. The van der Waals surface area contributed by atoms with Gasteiger partial charge in [-0.2, -0.15) is 0 Å². The molecule has 23 heavy (non-hydrogen) atoms. The molecule has 120 valence electrons. The van der Waals surface area contributed by atoms with Gasteiger partial charge in [0.2, 0.25) is 0 Å². The highest BCUT2D eigenvalue weighted by Crippen LogP contribution is 2.28. The van der Waals surface area contributed by atoms with Gasteiger partial charge in [0.15, 0.2) is 18.1 Å². The van der Waals surface area contributed by atoms with Gasteiger partial charge in [0.1, 0.15) is 0 Å². The van der Waals surface area contributed by atoms with Crippen molar-refractivity contribution in [2.24, 2.45) is 10.7 Å². The van der Waals surface area contributed by atoms with Gasteiger partial charge in [-0.1, -0.05) is 17.7 Å². The Morgan fingerprint density at radius 3 is 2.74 bits per heavy atom. The van der Waals surface area contributed by atoms with Gasteiger partial charge in [-0.05, 0) is 48.9 Å². The molecule has 0 saturated heterocycles. The summed E-state index contributed by atoms with van der Waals surface area (Å²) in [7, 11) is 0. The van der Waals surface area contributed by atoms with Gasteiger partial charge >= 0.3 is 0 Å². The topological polar surface area (TPSA) is 73.9 Å². The van der Waals surface area contributed by atoms with Crippen LogP contribution in [0.15, 0.2) is 47.5 Å². The molecule has 0 spiro atoms. The maximum atomic E-state index is 10.8. The van der Waals surface area contributed by atoms with E-state index in [1.54, 1.807) is 30.5 Å². The average molecular weight is 333 g/mol. The number of carbonyl (C=O) groups is 1. The minimum absolute atomic E-state index is 0.198. The molecular formula is C17H17ClN2O3. The molecule has 0 radical (unpaired) electrons. The van der Waals surface area contributed by atoms with E-state index in [1.807, 2.05) is 25.1 Å². The molecule has 2 rings (SSSR count). The number of hydrogen-bond donors (Lipinski definition) is 1. The molecule has 2 N–H and O–H groups in total. The molecule has 0 aliphatic carbocycles. The minimum atomic E-state index is -0.543. The zero-order valence-electron chi connectivity index (χ0n) is 12.7. The number of ether oxygens (including phenoxy) is 2. The largest absolute Gasteiger partial charge is 0.490 e. The first kappa shape index (κ1) is 16.8. The number of amides is 1. The lowest BCUT2D eigenvalue weighted by atomic mass is 10.2. The molecule has 2 aromatic carbocycles. The molecule has 0 aliphatic heterocycles. The van der Waals surface area contributed by atoms with Crippen molar-refractivity contribution in [1.82, 2.24) is 0 Å². The number of rotatable bonds is 7. The maximum Gasteiger partial charge on any atom is 0.255 e. The highest BCUT2D eigenvalue weighted by Gasteiger charge is 2.07. The van der Waals surface area contributed by atoms with Crippen molar-refractivity contribution in [3.05, 3.63) is 53.1 Å². The van der Waals surface area contributed by atoms with Gasteiger partial charge in [0.25, 0.3) is 5.91 Å². The smallest absolute Gasteiger partial charge is 0.255 e. The highest BCUT2D eigenvalue weighted by atomic mass is 35.5. The number of nitrogens with two attached hydrogens (primary N) is 1. The summed E-state index contributed by atoms with van der Waals surface area (Å²) >= 11 is 5.93. The third-order valence-electron chi connectivity index (χ3n) is 2.81. The van der Waals surface area contributed by atoms with Crippen molar-refractivity contribution >= 4 is 29.4 Å². The van der Waals surface area contributed by atoms with Crippen LogP contribution in [0.25, 0.3) is 0 Å². The first-order chi connectivity index (χ1) is 11.1. The van der Waals surface area contributed by atoms with Gasteiger partial charge in [-0.15, -0.1) is 0 Å². The predicted octanol–water partition coefficient (Wildman–Crippen LogP) is 3.35. The fraction of sp³-hybridized carbons (Fsp3) is 0.176. The Bertz CT molecular complexity index is 717. The Morgan fingerprint density at radius 2 is 2.04 bits per heavy atom. The molecule has 5 nitrogen and oxygen atoms in total. The second-order valence-electron chi connectivity index (χ2n) is 4.63. The van der Waals surface area contributed by atoms with E-state index in [-0.39, 0.29) is 6.61 Å². The zero-order valence-corrected chi connectivity index (χ0v) is 13.4. The van der Waals surface area contributed by atoms with Crippen molar-refractivity contribution in [2.45, 2.75) is 6.92 Å². The molecule has 0 bridgehead atoms. The highest BCUT2D eigenvalue weighted by molar-refractivity contribution is 6.30. The van der Waals surface area contributed by atoms with Crippen molar-refractivity contribution < 1.29 is 14.3 Å². The molecule has 0 aromatic heterocycles. The molecule has 1 amide bonds. The van der Waals surface area contributed by atoms with Gasteiger partial charge in [0.05, 0.1) is 12.3 Å². The monoisotopic (exact) mass is 332 g/mol. The van der Waals surface area contributed by atoms with Crippen LogP contribution < -0.4 is 15.2 Å². The maximum absolute atomic E-state index is 10.8. The summed E-state index contributed by atoms with van der Waals surface area (Å²) in [5.74, 6) is 0.452. The third kappa shape index (κ3) is 5.30. The van der Waals surface area contributed by atoms with E-state index in [1.165, 1.54) is 0 Å². The zero-order chi connectivity index (χ0) is 16.7. The van der Waals surface area contributed by atoms with Crippen LogP contribution in [0.3, 0.4) is 0 Å². The Kier molecular flexibility index (Phi) is 6.00. The lowest BCUT2D eigenvalue weighted by Crippen LogP contribution is -2.20. The van der Waals surface area contributed by atoms with Crippen molar-refractivity contribution in [3.8, 4) is 11.5 Å². The van der Waals surface area contributed by atoms with Crippen molar-refractivity contribution in [1.29, 1.82) is 0 Å². The van der Waals surface area contributed by atoms with Gasteiger partial charge in [-0.3, -0.25) is 9.79 Å². The number of hydrogen-bond acceptors (Lipinski definition) is 4. The molecule has 0 heterocycles. The first-order valence-electron chi connectivity index (χ1n) is 7.06. The predicted molar refractivity (Wildman–Crippen MR) is 91.0 cm³/mol. The van der Waals surface area contributed by atoms with Crippen LogP contribution >= 0.6 is 11.6 Å². The Hall–Kier alpha value is -2.53. The molecule has 0 atom stereocenters. The summed E-state index contributed by atoms with van der Waals surface area (Å²) < 4.78 is 10.8. The summed E-state index contributed by atoms with van der Waals surface area (Å²) in [6.07, 6.45) is 1.70. The van der Waals surface area contributed by atoms with Crippen LogP contribution in [0, 0.1) is 0 Å². The lowest BCUT2D eigenvalue weighted by Gasteiger charge is -2.11. The SMILES string of the molecule is CCOc1cc(C=Nc2cccc(Cl)c2)ccc1OCC(N)=O. The normalized spacial score (nSPS) is 10.7. The van der Waals surface area contributed by atoms with Gasteiger partial charge in [0, 0.05) is 11.2 Å². The summed E-state index contributed by atoms with van der Waals surface area (Å²) in [5.41, 5.74) is 6.67. The number of nitrogens with zero attached hydrogens (tertiary/aromatic N) is 1. The third-order valence-corrected chi connectivity index (χ3v) is 3.04. The van der Waals surface area contributed by atoms with Crippen molar-refractivity contribution in [3.63, 3.8) is 0 Å². The quantitative estimate of drug-likeness (QED) is 0.790. The van der Waals surface area contributed by atoms with Crippen LogP contribution in [-0.4, -0.2) is 25.3 Å². The summed E-state index contributed by atoms with van der Waals surface area (Å²) in [6, 6.07) is 12.6. The van der Waals surface area contributed by atoms with E-state index in [9.17, 15) is 4.79 Å². The lowest BCUT2D eigenvalue weighted by molar-refractivity contribution is -0.119. The number of benzene rings is 2. The van der Waals surface area contributed by atoms with Gasteiger partial charge in [-0.25, -0.2) is 0 Å². The fourth-order valence-electron chi connectivity index (χ4n) is 1.85. The molecular weight excluding hydrogens is 316 g/mol. The van der Waals surface area contributed by atoms with E-state index in [2.05, 4.69) is 4.99 Å². The average Bonchev–Trinajstić information content (AvgIpc) is 2.52. The van der Waals surface area contributed by atoms with Crippen LogP contribution in [0.5, 0.6) is 11.5 Å². The van der Waals surface area contributed by atoms with Crippen LogP contribution in [0.4, 0.5) is 5.69 Å². The first-order valence-corrected chi connectivity index (χ1v) is 7.44. The van der Waals surface area contributed by atoms with Crippen molar-refractivity contribution in [2.75, 3.05) is 13.2 Å². The standard InChI is InChI=1S/C17H17ClN2O3/c1-2-22-16-8-12(6-7-15(16)23-11-17(19)21)10-20-14-5-3-4-13(18)9-14/h3-10H,2,11H2,1H3,(H2,19,21). The number of primary amides is 1. The minimum Gasteiger partial charge on any atom is -0.490 e. The van der Waals surface area contributed by atoms with E-state index in [0.717, 1.165) is 11.3 Å². The summed E-state index contributed by atoms with van der Waals surface area (Å²) in [4.78, 5) is 15.2. The van der Waals surface area contributed by atoms with Crippen LogP contribution in [0.1, 0.15) is 12.5 Å². The molecule has 0 unspecified atom stereocenters.